The van der Waals surface area contributed by atoms with Gasteiger partial charge in [-0.05, 0) is 41.7 Å². The Labute approximate surface area is 260 Å². The minimum absolute atomic E-state index is 0.0854. The number of carbonyl (C=O) groups is 4. The van der Waals surface area contributed by atoms with Gasteiger partial charge in [-0.3, -0.25) is 24.6 Å². The zero-order chi connectivity index (χ0) is 31.6. The molecule has 0 bridgehead atoms. The summed E-state index contributed by atoms with van der Waals surface area (Å²) in [5.74, 6) is -4.63. The molecule has 6 rings (SSSR count). The van der Waals surface area contributed by atoms with E-state index in [1.807, 2.05) is 89.8 Å². The minimum atomic E-state index is -5.08. The summed E-state index contributed by atoms with van der Waals surface area (Å²) in [4.78, 5) is 54.2. The largest absolute Gasteiger partial charge is 0.490 e. The molecule has 44 heavy (non-hydrogen) atoms. The number of hydrogen-bond acceptors (Lipinski definition) is 5. The molecule has 3 aliphatic rings. The summed E-state index contributed by atoms with van der Waals surface area (Å²) in [6.45, 7) is 1.32. The third kappa shape index (κ3) is 6.14. The minimum Gasteiger partial charge on any atom is -0.475 e. The van der Waals surface area contributed by atoms with Crippen LogP contribution in [0, 0.1) is 11.8 Å². The Morgan fingerprint density at radius 2 is 1.45 bits per heavy atom. The van der Waals surface area contributed by atoms with Crippen molar-refractivity contribution in [3.63, 3.8) is 0 Å². The second-order valence-electron chi connectivity index (χ2n) is 11.0. The van der Waals surface area contributed by atoms with Crippen LogP contribution in [0.1, 0.15) is 35.6 Å². The van der Waals surface area contributed by atoms with Crippen molar-refractivity contribution in [2.24, 2.45) is 11.8 Å². The fourth-order valence-electron chi connectivity index (χ4n) is 6.36. The lowest BCUT2D eigenvalue weighted by molar-refractivity contribution is -0.192. The van der Waals surface area contributed by atoms with E-state index in [0.717, 1.165) is 27.6 Å². The molecule has 3 aromatic rings. The van der Waals surface area contributed by atoms with E-state index >= 15 is 0 Å². The van der Waals surface area contributed by atoms with E-state index in [1.165, 1.54) is 4.90 Å². The molecule has 12 heteroatoms. The number of benzene rings is 3. The highest BCUT2D eigenvalue weighted by Gasteiger charge is 2.68. The van der Waals surface area contributed by atoms with Gasteiger partial charge in [-0.2, -0.15) is 13.2 Å². The van der Waals surface area contributed by atoms with Crippen LogP contribution in [-0.2, 0) is 32.3 Å². The highest BCUT2D eigenvalue weighted by atomic mass is 79.9. The Morgan fingerprint density at radius 1 is 0.886 bits per heavy atom. The Morgan fingerprint density at radius 3 is 2.05 bits per heavy atom. The second-order valence-corrected chi connectivity index (χ2v) is 11.9. The molecule has 3 amide bonds. The Bertz CT molecular complexity index is 1540. The van der Waals surface area contributed by atoms with Crippen LogP contribution in [0.3, 0.4) is 0 Å². The van der Waals surface area contributed by atoms with Crippen molar-refractivity contribution >= 4 is 39.6 Å². The fourth-order valence-corrected chi connectivity index (χ4v) is 6.62. The summed E-state index contributed by atoms with van der Waals surface area (Å²) in [5.41, 5.74) is 1.75. The van der Waals surface area contributed by atoms with Crippen molar-refractivity contribution < 1.29 is 37.5 Å². The number of piperidine rings is 1. The van der Waals surface area contributed by atoms with Crippen LogP contribution in [0.5, 0.6) is 0 Å². The summed E-state index contributed by atoms with van der Waals surface area (Å²) in [5, 5.41) is 10.7. The number of nitrogens with one attached hydrogen (secondary N) is 1. The van der Waals surface area contributed by atoms with Gasteiger partial charge in [0, 0.05) is 23.6 Å². The molecule has 3 heterocycles. The molecular formula is C32H29BrF3N3O5. The molecule has 0 aliphatic carbocycles. The van der Waals surface area contributed by atoms with Gasteiger partial charge in [0.15, 0.2) is 0 Å². The monoisotopic (exact) mass is 671 g/mol. The van der Waals surface area contributed by atoms with Gasteiger partial charge >= 0.3 is 12.1 Å². The van der Waals surface area contributed by atoms with Crippen LogP contribution in [0.25, 0.3) is 0 Å². The van der Waals surface area contributed by atoms with Gasteiger partial charge in [0.25, 0.3) is 0 Å². The third-order valence-electron chi connectivity index (χ3n) is 8.28. The Balaban J connectivity index is 0.000000493. The van der Waals surface area contributed by atoms with Gasteiger partial charge in [-0.15, -0.1) is 0 Å². The molecule has 0 saturated carbocycles. The first-order valence-corrected chi connectivity index (χ1v) is 14.8. The highest BCUT2D eigenvalue weighted by molar-refractivity contribution is 9.10. The van der Waals surface area contributed by atoms with E-state index in [4.69, 9.17) is 9.90 Å². The molecule has 8 nitrogen and oxygen atoms in total. The number of likely N-dealkylation sites (tertiary alicyclic amines) is 2. The van der Waals surface area contributed by atoms with Crippen molar-refractivity contribution in [1.29, 1.82) is 0 Å². The first-order valence-electron chi connectivity index (χ1n) is 14.0. The maximum Gasteiger partial charge on any atom is 0.490 e. The average Bonchev–Trinajstić information content (AvgIpc) is 3.47. The average molecular weight is 672 g/mol. The highest BCUT2D eigenvalue weighted by Crippen LogP contribution is 2.52. The summed E-state index contributed by atoms with van der Waals surface area (Å²) >= 11 is 3.47. The number of imide groups is 1. The smallest absolute Gasteiger partial charge is 0.475 e. The SMILES string of the molecule is O=C(O)C(F)(F)F.O=C1[C@H]2[C@@H](c3ccccc3)N[C@]3(CCCN(Cc4ccc(Br)cc4)C3=O)[C@H]2C(=O)N1Cc1ccccc1. The van der Waals surface area contributed by atoms with E-state index in [0.29, 0.717) is 19.5 Å². The fraction of sp³-hybridized carbons (Fsp3) is 0.312. The number of aliphatic carboxylic acids is 1. The number of carboxylic acids is 1. The molecule has 1 spiro atoms. The summed E-state index contributed by atoms with van der Waals surface area (Å²) < 4.78 is 32.7. The quantitative estimate of drug-likeness (QED) is 0.366. The van der Waals surface area contributed by atoms with E-state index in [9.17, 15) is 27.6 Å². The molecule has 4 atom stereocenters. The van der Waals surface area contributed by atoms with Crippen LogP contribution < -0.4 is 5.32 Å². The molecule has 0 aromatic heterocycles. The van der Waals surface area contributed by atoms with Crippen LogP contribution in [-0.4, -0.2) is 56.9 Å². The first kappa shape index (κ1) is 31.4. The van der Waals surface area contributed by atoms with Crippen LogP contribution in [0.15, 0.2) is 89.4 Å². The van der Waals surface area contributed by atoms with Crippen molar-refractivity contribution in [3.8, 4) is 0 Å². The molecule has 3 aromatic carbocycles. The number of fused-ring (bicyclic) bond motifs is 2. The van der Waals surface area contributed by atoms with Gasteiger partial charge in [-0.25, -0.2) is 4.79 Å². The normalized spacial score (nSPS) is 24.7. The lowest BCUT2D eigenvalue weighted by atomic mass is 9.74. The topological polar surface area (TPSA) is 107 Å². The van der Waals surface area contributed by atoms with Gasteiger partial charge < -0.3 is 10.0 Å². The van der Waals surface area contributed by atoms with Gasteiger partial charge in [-0.1, -0.05) is 88.7 Å². The first-order chi connectivity index (χ1) is 20.9. The summed E-state index contributed by atoms with van der Waals surface area (Å²) in [6, 6.07) is 26.8. The number of rotatable bonds is 5. The van der Waals surface area contributed by atoms with Gasteiger partial charge in [0.2, 0.25) is 17.7 Å². The second kappa shape index (κ2) is 12.5. The Hall–Kier alpha value is -4.03. The number of carboxylic acid groups (broad SMARTS) is 1. The van der Waals surface area contributed by atoms with Gasteiger partial charge in [0.1, 0.15) is 5.54 Å². The lowest BCUT2D eigenvalue weighted by Gasteiger charge is -2.42. The molecule has 0 radical (unpaired) electrons. The zero-order valence-electron chi connectivity index (χ0n) is 23.3. The summed E-state index contributed by atoms with van der Waals surface area (Å²) in [7, 11) is 0. The van der Waals surface area contributed by atoms with Crippen LogP contribution in [0.2, 0.25) is 0 Å². The standard InChI is InChI=1S/C30H28BrN3O3.C2HF3O2/c31-23-14-12-21(13-15-23)18-33-17-7-16-30(29(33)37)25-24(26(32-30)22-10-5-2-6-11-22)27(35)34(28(25)36)19-20-8-3-1-4-9-20;3-2(4,5)1(6)7/h1-6,8-15,24-26,32H,7,16-19H2;(H,6,7)/t24-,25-,26-,30-;/m1./s1. The van der Waals surface area contributed by atoms with E-state index in [2.05, 4.69) is 21.2 Å². The van der Waals surface area contributed by atoms with Crippen molar-refractivity contribution in [3.05, 3.63) is 106 Å². The predicted octanol–water partition coefficient (Wildman–Crippen LogP) is 5.09. The molecule has 3 aliphatic heterocycles. The molecule has 0 unspecified atom stereocenters. The molecule has 230 valence electrons. The molecular weight excluding hydrogens is 643 g/mol. The third-order valence-corrected chi connectivity index (χ3v) is 8.81. The number of carbonyl (C=O) groups excluding carboxylic acids is 3. The number of hydrogen-bond donors (Lipinski definition) is 2. The Kier molecular flexibility index (Phi) is 8.94. The maximum absolute atomic E-state index is 14.2. The van der Waals surface area contributed by atoms with E-state index in [-0.39, 0.29) is 24.3 Å². The predicted molar refractivity (Wildman–Crippen MR) is 157 cm³/mol. The number of alkyl halides is 3. The maximum atomic E-state index is 14.2. The molecule has 3 fully saturated rings. The van der Waals surface area contributed by atoms with Crippen LogP contribution in [0.4, 0.5) is 13.2 Å². The lowest BCUT2D eigenvalue weighted by Crippen LogP contribution is -2.63. The number of amides is 3. The van der Waals surface area contributed by atoms with Crippen molar-refractivity contribution in [2.45, 2.75) is 43.7 Å². The van der Waals surface area contributed by atoms with E-state index < -0.39 is 35.6 Å². The number of nitrogens with zero attached hydrogens (tertiary/aromatic N) is 2. The molecule has 2 N–H and O–H groups in total. The van der Waals surface area contributed by atoms with Crippen molar-refractivity contribution in [2.75, 3.05) is 6.54 Å². The van der Waals surface area contributed by atoms with Gasteiger partial charge in [0.05, 0.1) is 18.4 Å². The zero-order valence-corrected chi connectivity index (χ0v) is 24.9. The van der Waals surface area contributed by atoms with E-state index in [1.54, 1.807) is 0 Å². The molecule has 3 saturated heterocycles. The summed E-state index contributed by atoms with van der Waals surface area (Å²) in [6.07, 6.45) is -3.79. The van der Waals surface area contributed by atoms with Crippen LogP contribution >= 0.6 is 15.9 Å². The number of halogens is 4. The van der Waals surface area contributed by atoms with Crippen molar-refractivity contribution in [1.82, 2.24) is 15.1 Å².